The summed E-state index contributed by atoms with van der Waals surface area (Å²) in [7, 11) is 0. The summed E-state index contributed by atoms with van der Waals surface area (Å²) < 4.78 is 5.18. The number of hydrogen-bond donors (Lipinski definition) is 2. The molecule has 27 heavy (non-hydrogen) atoms. The molecule has 3 heterocycles. The fourth-order valence-electron chi connectivity index (χ4n) is 3.94. The molecule has 2 aromatic heterocycles. The highest BCUT2D eigenvalue weighted by molar-refractivity contribution is 5.94. The van der Waals surface area contributed by atoms with Crippen molar-refractivity contribution in [3.63, 3.8) is 0 Å². The first-order valence-electron chi connectivity index (χ1n) is 9.50. The van der Waals surface area contributed by atoms with E-state index < -0.39 is 0 Å². The lowest BCUT2D eigenvalue weighted by Crippen LogP contribution is -2.50. The van der Waals surface area contributed by atoms with Gasteiger partial charge in [0.15, 0.2) is 5.76 Å². The van der Waals surface area contributed by atoms with E-state index in [9.17, 15) is 14.4 Å². The number of aromatic amines is 1. The first-order valence-corrected chi connectivity index (χ1v) is 9.50. The molecule has 1 aliphatic heterocycles. The number of likely N-dealkylation sites (tertiary alicyclic amines) is 1. The molecule has 2 aliphatic rings. The molecule has 1 atom stereocenters. The van der Waals surface area contributed by atoms with E-state index in [1.54, 1.807) is 23.1 Å². The molecule has 0 bridgehead atoms. The van der Waals surface area contributed by atoms with Gasteiger partial charge in [-0.1, -0.05) is 0 Å². The van der Waals surface area contributed by atoms with Crippen LogP contribution in [0.5, 0.6) is 0 Å². The van der Waals surface area contributed by atoms with Gasteiger partial charge < -0.3 is 19.6 Å². The standard InChI is InChI=1S/C20H23N3O4/c24-18(15-11-13-5-1-2-7-16(13)22-19(15)25)21-14-6-3-9-23(12-14)20(26)17-8-4-10-27-17/h4,8,10-11,14H,1-3,5-7,9,12H2,(H,21,24)(H,22,25)/t14-/m1/s1. The lowest BCUT2D eigenvalue weighted by atomic mass is 9.95. The lowest BCUT2D eigenvalue weighted by Gasteiger charge is -2.32. The van der Waals surface area contributed by atoms with Crippen LogP contribution in [-0.4, -0.2) is 40.8 Å². The Hall–Kier alpha value is -2.83. The van der Waals surface area contributed by atoms with Crippen molar-refractivity contribution in [2.24, 2.45) is 0 Å². The summed E-state index contributed by atoms with van der Waals surface area (Å²) in [4.78, 5) is 42.0. The van der Waals surface area contributed by atoms with Crippen LogP contribution in [0.25, 0.3) is 0 Å². The van der Waals surface area contributed by atoms with Crippen LogP contribution in [-0.2, 0) is 12.8 Å². The largest absolute Gasteiger partial charge is 0.459 e. The first kappa shape index (κ1) is 17.6. The van der Waals surface area contributed by atoms with Crippen molar-refractivity contribution in [1.82, 2.24) is 15.2 Å². The van der Waals surface area contributed by atoms with Gasteiger partial charge in [0, 0.05) is 24.8 Å². The molecule has 1 aliphatic carbocycles. The summed E-state index contributed by atoms with van der Waals surface area (Å²) in [5, 5.41) is 2.93. The molecular formula is C20H23N3O4. The number of aryl methyl sites for hydroxylation is 2. The number of carbonyl (C=O) groups is 2. The Morgan fingerprint density at radius 2 is 2.07 bits per heavy atom. The third-order valence-electron chi connectivity index (χ3n) is 5.36. The van der Waals surface area contributed by atoms with Crippen LogP contribution in [0.4, 0.5) is 0 Å². The molecule has 0 aromatic carbocycles. The van der Waals surface area contributed by atoms with Gasteiger partial charge in [-0.05, 0) is 62.3 Å². The molecule has 4 rings (SSSR count). The minimum absolute atomic E-state index is 0.158. The van der Waals surface area contributed by atoms with Gasteiger partial charge in [-0.2, -0.15) is 0 Å². The smallest absolute Gasteiger partial charge is 0.289 e. The average Bonchev–Trinajstić information content (AvgIpc) is 3.21. The number of piperidine rings is 1. The van der Waals surface area contributed by atoms with E-state index in [0.29, 0.717) is 18.8 Å². The quantitative estimate of drug-likeness (QED) is 0.864. The van der Waals surface area contributed by atoms with Crippen LogP contribution in [0.15, 0.2) is 33.7 Å². The van der Waals surface area contributed by atoms with Gasteiger partial charge in [0.2, 0.25) is 0 Å². The predicted octanol–water partition coefficient (Wildman–Crippen LogP) is 1.88. The maximum Gasteiger partial charge on any atom is 0.289 e. The monoisotopic (exact) mass is 369 g/mol. The first-order chi connectivity index (χ1) is 13.1. The van der Waals surface area contributed by atoms with Crippen LogP contribution < -0.4 is 10.9 Å². The molecule has 0 radical (unpaired) electrons. The van der Waals surface area contributed by atoms with E-state index in [0.717, 1.165) is 49.8 Å². The molecule has 2 N–H and O–H groups in total. The molecule has 1 saturated heterocycles. The Balaban J connectivity index is 1.45. The van der Waals surface area contributed by atoms with E-state index in [1.165, 1.54) is 6.26 Å². The summed E-state index contributed by atoms with van der Waals surface area (Å²) in [5.41, 5.74) is 1.83. The molecule has 7 nitrogen and oxygen atoms in total. The highest BCUT2D eigenvalue weighted by Gasteiger charge is 2.27. The molecule has 1 fully saturated rings. The van der Waals surface area contributed by atoms with Crippen LogP contribution in [0.1, 0.15) is 57.9 Å². The number of fused-ring (bicyclic) bond motifs is 1. The SMILES string of the molecule is O=C(N[C@@H]1CCCN(C(=O)c2ccco2)C1)c1cc2c([nH]c1=O)CCCC2. The number of amides is 2. The molecule has 142 valence electrons. The third kappa shape index (κ3) is 3.67. The molecule has 2 aromatic rings. The second-order valence-corrected chi connectivity index (χ2v) is 7.26. The Morgan fingerprint density at radius 1 is 1.22 bits per heavy atom. The summed E-state index contributed by atoms with van der Waals surface area (Å²) in [6, 6.07) is 4.87. The van der Waals surface area contributed by atoms with Crippen LogP contribution in [0.3, 0.4) is 0 Å². The highest BCUT2D eigenvalue weighted by Crippen LogP contribution is 2.19. The lowest BCUT2D eigenvalue weighted by molar-refractivity contribution is 0.0646. The molecule has 7 heteroatoms. The molecular weight excluding hydrogens is 346 g/mol. The van der Waals surface area contributed by atoms with E-state index in [-0.39, 0.29) is 29.0 Å². The van der Waals surface area contributed by atoms with Crippen molar-refractivity contribution in [3.05, 3.63) is 57.4 Å². The molecule has 0 spiro atoms. The van der Waals surface area contributed by atoms with E-state index in [4.69, 9.17) is 4.42 Å². The van der Waals surface area contributed by atoms with Crippen LogP contribution in [0, 0.1) is 0 Å². The number of hydrogen-bond acceptors (Lipinski definition) is 4. The van der Waals surface area contributed by atoms with Crippen molar-refractivity contribution < 1.29 is 14.0 Å². The Morgan fingerprint density at radius 3 is 2.89 bits per heavy atom. The highest BCUT2D eigenvalue weighted by atomic mass is 16.3. The Bertz CT molecular complexity index is 900. The van der Waals surface area contributed by atoms with Crippen molar-refractivity contribution in [3.8, 4) is 0 Å². The summed E-state index contributed by atoms with van der Waals surface area (Å²) in [6.45, 7) is 1.04. The minimum atomic E-state index is -0.373. The number of carbonyl (C=O) groups excluding carboxylic acids is 2. The van der Waals surface area contributed by atoms with Crippen molar-refractivity contribution in [2.45, 2.75) is 44.6 Å². The van der Waals surface area contributed by atoms with Gasteiger partial charge in [-0.3, -0.25) is 14.4 Å². The predicted molar refractivity (Wildman–Crippen MR) is 98.8 cm³/mol. The number of aromatic nitrogens is 1. The van der Waals surface area contributed by atoms with E-state index in [1.807, 2.05) is 0 Å². The summed E-state index contributed by atoms with van der Waals surface area (Å²) in [6.07, 6.45) is 6.93. The Labute approximate surface area is 156 Å². The van der Waals surface area contributed by atoms with E-state index in [2.05, 4.69) is 10.3 Å². The van der Waals surface area contributed by atoms with Gasteiger partial charge in [0.25, 0.3) is 17.4 Å². The number of rotatable bonds is 3. The second kappa shape index (κ2) is 7.42. The fourth-order valence-corrected chi connectivity index (χ4v) is 3.94. The maximum atomic E-state index is 12.7. The van der Waals surface area contributed by atoms with Gasteiger partial charge in [0.05, 0.1) is 6.26 Å². The Kier molecular flexibility index (Phi) is 4.83. The topological polar surface area (TPSA) is 95.4 Å². The number of nitrogens with zero attached hydrogens (tertiary/aromatic N) is 1. The minimum Gasteiger partial charge on any atom is -0.459 e. The zero-order valence-electron chi connectivity index (χ0n) is 15.1. The normalized spacial score (nSPS) is 19.4. The zero-order chi connectivity index (χ0) is 18.8. The number of nitrogens with one attached hydrogen (secondary N) is 2. The number of H-pyrrole nitrogens is 1. The van der Waals surface area contributed by atoms with Gasteiger partial charge in [-0.15, -0.1) is 0 Å². The molecule has 0 unspecified atom stereocenters. The van der Waals surface area contributed by atoms with Gasteiger partial charge >= 0.3 is 0 Å². The fraction of sp³-hybridized carbons (Fsp3) is 0.450. The zero-order valence-corrected chi connectivity index (χ0v) is 15.1. The third-order valence-corrected chi connectivity index (χ3v) is 5.36. The second-order valence-electron chi connectivity index (χ2n) is 7.26. The maximum absolute atomic E-state index is 12.7. The summed E-state index contributed by atoms with van der Waals surface area (Å²) >= 11 is 0. The summed E-state index contributed by atoms with van der Waals surface area (Å²) in [5.74, 6) is -0.249. The average molecular weight is 369 g/mol. The number of furan rings is 1. The van der Waals surface area contributed by atoms with Gasteiger partial charge in [0.1, 0.15) is 5.56 Å². The van der Waals surface area contributed by atoms with Crippen molar-refractivity contribution >= 4 is 11.8 Å². The van der Waals surface area contributed by atoms with Gasteiger partial charge in [-0.25, -0.2) is 0 Å². The van der Waals surface area contributed by atoms with Crippen LogP contribution in [0.2, 0.25) is 0 Å². The molecule has 0 saturated carbocycles. The van der Waals surface area contributed by atoms with Crippen molar-refractivity contribution in [1.29, 1.82) is 0 Å². The van der Waals surface area contributed by atoms with Crippen molar-refractivity contribution in [2.75, 3.05) is 13.1 Å². The molecule has 2 amide bonds. The number of pyridine rings is 1. The van der Waals surface area contributed by atoms with E-state index >= 15 is 0 Å². The van der Waals surface area contributed by atoms with Crippen LogP contribution >= 0.6 is 0 Å².